The third kappa shape index (κ3) is 11.1. The Balaban J connectivity index is 3.50. The van der Waals surface area contributed by atoms with E-state index in [1.807, 2.05) is 0 Å². The first kappa shape index (κ1) is 31.7. The molecule has 0 saturated heterocycles. The molecule has 37 heavy (non-hydrogen) atoms. The summed E-state index contributed by atoms with van der Waals surface area (Å²) in [5, 5.41) is 15.6. The zero-order valence-corrected chi connectivity index (χ0v) is 23.2. The number of alkyl carbamates (subject to hydrolysis) is 1. The van der Waals surface area contributed by atoms with E-state index in [0.717, 1.165) is 19.3 Å². The van der Waals surface area contributed by atoms with E-state index in [1.165, 1.54) is 17.0 Å². The van der Waals surface area contributed by atoms with Crippen molar-refractivity contribution in [3.63, 3.8) is 0 Å². The summed E-state index contributed by atoms with van der Waals surface area (Å²) in [6, 6.07) is 3.86. The zero-order valence-electron chi connectivity index (χ0n) is 23.2. The van der Waals surface area contributed by atoms with Gasteiger partial charge in [0.1, 0.15) is 23.4 Å². The van der Waals surface area contributed by atoms with Crippen molar-refractivity contribution in [1.82, 2.24) is 15.5 Å². The lowest BCUT2D eigenvalue weighted by molar-refractivity contribution is -0.148. The highest BCUT2D eigenvalue weighted by Crippen LogP contribution is 2.32. The van der Waals surface area contributed by atoms with E-state index in [-0.39, 0.29) is 18.6 Å². The maximum atomic E-state index is 14.0. The number of unbranched alkanes of at least 4 members (excludes halogenated alkanes) is 2. The number of benzene rings is 1. The number of phenolic OH excluding ortho intramolecular Hbond substituents is 1. The third-order valence-electron chi connectivity index (χ3n) is 5.40. The smallest absolute Gasteiger partial charge is 0.408 e. The second-order valence-corrected chi connectivity index (χ2v) is 11.1. The van der Waals surface area contributed by atoms with E-state index in [9.17, 15) is 24.3 Å². The van der Waals surface area contributed by atoms with Crippen LogP contribution < -0.4 is 16.4 Å². The fourth-order valence-electron chi connectivity index (χ4n) is 3.80. The predicted molar refractivity (Wildman–Crippen MR) is 142 cm³/mol. The summed E-state index contributed by atoms with van der Waals surface area (Å²) in [5.74, 6) is -1.70. The summed E-state index contributed by atoms with van der Waals surface area (Å²) >= 11 is 0. The van der Waals surface area contributed by atoms with Crippen molar-refractivity contribution in [3.05, 3.63) is 29.8 Å². The maximum absolute atomic E-state index is 14.0. The summed E-state index contributed by atoms with van der Waals surface area (Å²) in [5.41, 5.74) is 4.03. The summed E-state index contributed by atoms with van der Waals surface area (Å²) in [6.45, 7) is 12.9. The van der Waals surface area contributed by atoms with Gasteiger partial charge in [0.15, 0.2) is 0 Å². The molecule has 0 aromatic heterocycles. The zero-order chi connectivity index (χ0) is 28.4. The first-order chi connectivity index (χ1) is 17.1. The Morgan fingerprint density at radius 1 is 1.08 bits per heavy atom. The van der Waals surface area contributed by atoms with Gasteiger partial charge in [-0.2, -0.15) is 0 Å². The first-order valence-electron chi connectivity index (χ1n) is 12.7. The number of nitrogens with zero attached hydrogens (tertiary/aromatic N) is 1. The van der Waals surface area contributed by atoms with Crippen molar-refractivity contribution >= 4 is 23.8 Å². The molecular weight excluding hydrogens is 476 g/mol. The number of carbonyl (C=O) groups excluding carboxylic acids is 4. The molecule has 0 radical (unpaired) electrons. The van der Waals surface area contributed by atoms with E-state index in [2.05, 4.69) is 17.6 Å². The number of ether oxygens (including phenoxy) is 1. The molecule has 0 aliphatic rings. The number of nitrogens with one attached hydrogen (secondary N) is 2. The third-order valence-corrected chi connectivity index (χ3v) is 5.40. The molecule has 0 spiro atoms. The molecule has 0 bridgehead atoms. The van der Waals surface area contributed by atoms with Crippen molar-refractivity contribution in [2.45, 2.75) is 104 Å². The highest BCUT2D eigenvalue weighted by atomic mass is 16.6. The summed E-state index contributed by atoms with van der Waals surface area (Å²) in [6.07, 6.45) is 1.63. The van der Waals surface area contributed by atoms with Gasteiger partial charge in [-0.3, -0.25) is 14.4 Å². The number of rotatable bonds is 12. The number of phenols is 1. The van der Waals surface area contributed by atoms with Gasteiger partial charge in [-0.15, -0.1) is 0 Å². The summed E-state index contributed by atoms with van der Waals surface area (Å²) in [4.78, 5) is 53.1. The van der Waals surface area contributed by atoms with Crippen LogP contribution in [0.5, 0.6) is 5.75 Å². The summed E-state index contributed by atoms with van der Waals surface area (Å²) < 4.78 is 5.33. The van der Waals surface area contributed by atoms with Crippen LogP contribution in [0, 0.1) is 0 Å². The Labute approximate surface area is 220 Å². The average Bonchev–Trinajstić information content (AvgIpc) is 2.75. The molecule has 208 valence electrons. The molecule has 5 N–H and O–H groups in total. The molecule has 1 rings (SSSR count). The lowest BCUT2D eigenvalue weighted by Crippen LogP contribution is -2.58. The fraction of sp³-hybridized carbons (Fsp3) is 0.630. The van der Waals surface area contributed by atoms with E-state index < -0.39 is 47.0 Å². The van der Waals surface area contributed by atoms with E-state index in [4.69, 9.17) is 10.5 Å². The van der Waals surface area contributed by atoms with Gasteiger partial charge in [0.25, 0.3) is 0 Å². The average molecular weight is 521 g/mol. The van der Waals surface area contributed by atoms with Crippen molar-refractivity contribution in [3.8, 4) is 5.75 Å². The minimum atomic E-state index is -1.19. The number of hydrogen-bond donors (Lipinski definition) is 4. The van der Waals surface area contributed by atoms with Crippen LogP contribution in [-0.2, 0) is 19.1 Å². The molecule has 4 amide bonds. The number of carbonyl (C=O) groups is 4. The number of nitrogens with two attached hydrogens (primary N) is 1. The molecule has 0 fully saturated rings. The van der Waals surface area contributed by atoms with Crippen LogP contribution in [0.4, 0.5) is 4.79 Å². The second-order valence-electron chi connectivity index (χ2n) is 11.1. The largest absolute Gasteiger partial charge is 0.508 e. The Hall–Kier alpha value is -3.30. The molecule has 0 saturated carbocycles. The number of aromatic hydroxyl groups is 1. The van der Waals surface area contributed by atoms with E-state index >= 15 is 0 Å². The van der Waals surface area contributed by atoms with Crippen LogP contribution in [-0.4, -0.2) is 57.5 Å². The Kier molecular flexibility index (Phi) is 11.9. The van der Waals surface area contributed by atoms with Crippen LogP contribution in [0.1, 0.15) is 92.2 Å². The van der Waals surface area contributed by atoms with Crippen LogP contribution in [0.25, 0.3) is 0 Å². The van der Waals surface area contributed by atoms with Gasteiger partial charge < -0.3 is 31.1 Å². The van der Waals surface area contributed by atoms with Gasteiger partial charge in [0.2, 0.25) is 17.7 Å². The molecule has 10 heteroatoms. The normalized spacial score (nSPS) is 13.3. The fourth-order valence-corrected chi connectivity index (χ4v) is 3.80. The van der Waals surface area contributed by atoms with Crippen molar-refractivity contribution in [2.75, 3.05) is 6.54 Å². The predicted octanol–water partition coefficient (Wildman–Crippen LogP) is 3.53. The highest BCUT2D eigenvalue weighted by Gasteiger charge is 2.42. The molecule has 2 unspecified atom stereocenters. The van der Waals surface area contributed by atoms with Crippen molar-refractivity contribution in [2.24, 2.45) is 5.73 Å². The van der Waals surface area contributed by atoms with Crippen LogP contribution in [0.2, 0.25) is 0 Å². The van der Waals surface area contributed by atoms with E-state index in [0.29, 0.717) is 12.1 Å². The van der Waals surface area contributed by atoms with Crippen molar-refractivity contribution < 1.29 is 29.0 Å². The summed E-state index contributed by atoms with van der Waals surface area (Å²) in [7, 11) is 0. The highest BCUT2D eigenvalue weighted by molar-refractivity contribution is 5.93. The number of amides is 4. The lowest BCUT2D eigenvalue weighted by Gasteiger charge is -2.43. The first-order valence-corrected chi connectivity index (χ1v) is 12.7. The molecule has 0 aliphatic heterocycles. The minimum absolute atomic E-state index is 0.0558. The molecule has 10 nitrogen and oxygen atoms in total. The lowest BCUT2D eigenvalue weighted by atomic mass is 9.94. The topological polar surface area (TPSA) is 151 Å². The maximum Gasteiger partial charge on any atom is 0.408 e. The Bertz CT molecular complexity index is 936. The van der Waals surface area contributed by atoms with Crippen molar-refractivity contribution in [1.29, 1.82) is 0 Å². The van der Waals surface area contributed by atoms with Gasteiger partial charge in [-0.25, -0.2) is 4.79 Å². The molecule has 2 atom stereocenters. The van der Waals surface area contributed by atoms with Crippen LogP contribution in [0.15, 0.2) is 24.3 Å². The van der Waals surface area contributed by atoms with Gasteiger partial charge >= 0.3 is 6.09 Å². The van der Waals surface area contributed by atoms with E-state index in [1.54, 1.807) is 53.7 Å². The van der Waals surface area contributed by atoms with Gasteiger partial charge in [0.05, 0.1) is 0 Å². The number of primary amides is 1. The Morgan fingerprint density at radius 2 is 1.73 bits per heavy atom. The molecule has 0 heterocycles. The standard InChI is InChI=1S/C27H44N4O6/c1-8-9-10-16-29-23(34)22(18-12-11-13-19(32)17-18)31(26(2,3)4)24(35)20(14-15-21(28)33)30-25(36)37-27(5,6)7/h11-13,17,20,22,32H,8-10,14-16H2,1-7H3,(H2,28,33)(H,29,34)(H,30,36). The number of hydrogen-bond acceptors (Lipinski definition) is 6. The van der Waals surface area contributed by atoms with Crippen LogP contribution >= 0.6 is 0 Å². The Morgan fingerprint density at radius 3 is 2.24 bits per heavy atom. The monoisotopic (exact) mass is 520 g/mol. The molecule has 1 aromatic carbocycles. The molecule has 1 aromatic rings. The second kappa shape index (κ2) is 13.9. The molecule has 0 aliphatic carbocycles. The van der Waals surface area contributed by atoms with Gasteiger partial charge in [-0.1, -0.05) is 31.9 Å². The molecular formula is C27H44N4O6. The SMILES string of the molecule is CCCCCNC(=O)C(c1cccc(O)c1)N(C(=O)C(CCC(N)=O)NC(=O)OC(C)(C)C)C(C)(C)C. The van der Waals surface area contributed by atoms with Crippen LogP contribution in [0.3, 0.4) is 0 Å². The quantitative estimate of drug-likeness (QED) is 0.310. The van der Waals surface area contributed by atoms with Gasteiger partial charge in [0, 0.05) is 18.5 Å². The van der Waals surface area contributed by atoms with Gasteiger partial charge in [-0.05, 0) is 72.1 Å². The minimum Gasteiger partial charge on any atom is -0.508 e.